The second kappa shape index (κ2) is 6.56. The molecule has 0 saturated heterocycles. The topological polar surface area (TPSA) is 41.9 Å². The van der Waals surface area contributed by atoms with Crippen molar-refractivity contribution in [2.75, 3.05) is 7.11 Å². The Morgan fingerprint density at radius 1 is 1.31 bits per heavy atom. The summed E-state index contributed by atoms with van der Waals surface area (Å²) in [7, 11) is 1.64. The summed E-state index contributed by atoms with van der Waals surface area (Å²) in [5.41, 5.74) is 3.95. The lowest BCUT2D eigenvalue weighted by Crippen LogP contribution is -2.32. The lowest BCUT2D eigenvalue weighted by Gasteiger charge is -2.29. The number of carbonyl (C=O) groups is 1. The fourth-order valence-corrected chi connectivity index (χ4v) is 4.01. The zero-order valence-electron chi connectivity index (χ0n) is 14.9. The average Bonchev–Trinajstić information content (AvgIpc) is 3.07. The van der Waals surface area contributed by atoms with Gasteiger partial charge >= 0.3 is 0 Å². The number of hydrogen-bond acceptors (Lipinski definition) is 3. The molecule has 0 spiro atoms. The lowest BCUT2D eigenvalue weighted by molar-refractivity contribution is -0.133. The SMILES string of the molecule is CCC(=O)N1N=C2c3cc(OC)ccc3CC[C@@H]2[C@H]1c1cccc(F)c1. The van der Waals surface area contributed by atoms with E-state index in [0.29, 0.717) is 6.42 Å². The quantitative estimate of drug-likeness (QED) is 0.835. The van der Waals surface area contributed by atoms with E-state index in [4.69, 9.17) is 9.84 Å². The Labute approximate surface area is 152 Å². The van der Waals surface area contributed by atoms with Crippen molar-refractivity contribution in [2.45, 2.75) is 32.2 Å². The third-order valence-corrected chi connectivity index (χ3v) is 5.28. The van der Waals surface area contributed by atoms with Crippen molar-refractivity contribution in [2.24, 2.45) is 11.0 Å². The molecule has 0 unspecified atom stereocenters. The van der Waals surface area contributed by atoms with Crippen LogP contribution in [0.2, 0.25) is 0 Å². The summed E-state index contributed by atoms with van der Waals surface area (Å²) in [5, 5.41) is 6.27. The number of carbonyl (C=O) groups excluding carboxylic acids is 1. The van der Waals surface area contributed by atoms with Crippen LogP contribution in [0.5, 0.6) is 5.75 Å². The highest BCUT2D eigenvalue weighted by Gasteiger charge is 2.43. The molecule has 2 atom stereocenters. The van der Waals surface area contributed by atoms with E-state index in [1.54, 1.807) is 18.2 Å². The zero-order valence-corrected chi connectivity index (χ0v) is 14.9. The number of aryl methyl sites for hydroxylation is 1. The van der Waals surface area contributed by atoms with Crippen LogP contribution in [0, 0.1) is 11.7 Å². The van der Waals surface area contributed by atoms with Gasteiger partial charge in [-0.05, 0) is 48.2 Å². The minimum absolute atomic E-state index is 0.0504. The van der Waals surface area contributed by atoms with Crippen molar-refractivity contribution in [1.29, 1.82) is 0 Å². The smallest absolute Gasteiger partial charge is 0.242 e. The van der Waals surface area contributed by atoms with Gasteiger partial charge in [-0.25, -0.2) is 9.40 Å². The Hall–Kier alpha value is -2.69. The van der Waals surface area contributed by atoms with Crippen LogP contribution in [0.4, 0.5) is 4.39 Å². The zero-order chi connectivity index (χ0) is 18.3. The van der Waals surface area contributed by atoms with Crippen molar-refractivity contribution in [3.8, 4) is 5.75 Å². The third kappa shape index (κ3) is 2.68. The molecule has 0 aromatic heterocycles. The molecule has 4 nitrogen and oxygen atoms in total. The second-order valence-corrected chi connectivity index (χ2v) is 6.75. The third-order valence-electron chi connectivity index (χ3n) is 5.28. The van der Waals surface area contributed by atoms with E-state index in [2.05, 4.69) is 6.07 Å². The van der Waals surface area contributed by atoms with Crippen LogP contribution in [0.25, 0.3) is 0 Å². The summed E-state index contributed by atoms with van der Waals surface area (Å²) >= 11 is 0. The van der Waals surface area contributed by atoms with E-state index in [1.807, 2.05) is 25.1 Å². The maximum Gasteiger partial charge on any atom is 0.242 e. The molecule has 0 N–H and O–H groups in total. The summed E-state index contributed by atoms with van der Waals surface area (Å²) in [6.07, 6.45) is 2.15. The van der Waals surface area contributed by atoms with Gasteiger partial charge in [0.2, 0.25) is 5.91 Å². The molecule has 0 fully saturated rings. The Morgan fingerprint density at radius 3 is 2.88 bits per heavy atom. The number of halogens is 1. The molecule has 1 aliphatic carbocycles. The molecule has 26 heavy (non-hydrogen) atoms. The van der Waals surface area contributed by atoms with Gasteiger partial charge in [-0.1, -0.05) is 25.1 Å². The van der Waals surface area contributed by atoms with E-state index < -0.39 is 0 Å². The highest BCUT2D eigenvalue weighted by molar-refractivity contribution is 6.07. The molecule has 1 heterocycles. The first-order valence-corrected chi connectivity index (χ1v) is 8.95. The van der Waals surface area contributed by atoms with Crippen LogP contribution in [-0.2, 0) is 11.2 Å². The van der Waals surface area contributed by atoms with Crippen molar-refractivity contribution in [3.63, 3.8) is 0 Å². The van der Waals surface area contributed by atoms with Crippen LogP contribution in [0.3, 0.4) is 0 Å². The van der Waals surface area contributed by atoms with Gasteiger partial charge < -0.3 is 4.74 Å². The molecule has 0 saturated carbocycles. The largest absolute Gasteiger partial charge is 0.497 e. The van der Waals surface area contributed by atoms with Gasteiger partial charge in [0.25, 0.3) is 0 Å². The number of benzene rings is 2. The molecule has 2 aromatic rings. The first-order chi connectivity index (χ1) is 12.6. The molecule has 134 valence electrons. The van der Waals surface area contributed by atoms with Gasteiger partial charge in [0.15, 0.2) is 0 Å². The van der Waals surface area contributed by atoms with Gasteiger partial charge in [0.05, 0.1) is 18.9 Å². The minimum Gasteiger partial charge on any atom is -0.497 e. The number of hydrogen-bond donors (Lipinski definition) is 0. The van der Waals surface area contributed by atoms with Crippen molar-refractivity contribution in [1.82, 2.24) is 5.01 Å². The summed E-state index contributed by atoms with van der Waals surface area (Å²) in [4.78, 5) is 12.6. The molecular weight excluding hydrogens is 331 g/mol. The van der Waals surface area contributed by atoms with E-state index in [0.717, 1.165) is 35.4 Å². The van der Waals surface area contributed by atoms with Crippen LogP contribution in [-0.4, -0.2) is 23.7 Å². The van der Waals surface area contributed by atoms with Crippen molar-refractivity contribution < 1.29 is 13.9 Å². The average molecular weight is 352 g/mol. The van der Waals surface area contributed by atoms with E-state index in [9.17, 15) is 9.18 Å². The normalized spacial score (nSPS) is 21.0. The summed E-state index contributed by atoms with van der Waals surface area (Å²) < 4.78 is 19.2. The molecule has 1 amide bonds. The van der Waals surface area contributed by atoms with Crippen LogP contribution in [0.1, 0.15) is 42.5 Å². The summed E-state index contributed by atoms with van der Waals surface area (Å²) in [5.74, 6) is 0.491. The van der Waals surface area contributed by atoms with Crippen LogP contribution in [0.15, 0.2) is 47.6 Å². The summed E-state index contributed by atoms with van der Waals surface area (Å²) in [6, 6.07) is 12.3. The maximum atomic E-state index is 13.8. The summed E-state index contributed by atoms with van der Waals surface area (Å²) in [6.45, 7) is 1.82. The number of ether oxygens (including phenoxy) is 1. The number of fused-ring (bicyclic) bond motifs is 3. The lowest BCUT2D eigenvalue weighted by atomic mass is 9.77. The Bertz CT molecular complexity index is 893. The van der Waals surface area contributed by atoms with Gasteiger partial charge in [0.1, 0.15) is 11.6 Å². The first kappa shape index (κ1) is 16.8. The standard InChI is InChI=1S/C21H21FN2O2/c1-3-19(25)24-21(14-5-4-6-15(22)11-14)17-10-8-13-7-9-16(26-2)12-18(13)20(17)23-24/h4-7,9,11-12,17,21H,3,8,10H2,1-2H3/t17-,21+/m0/s1. The Morgan fingerprint density at radius 2 is 2.15 bits per heavy atom. The van der Waals surface area contributed by atoms with E-state index in [1.165, 1.54) is 17.7 Å². The number of nitrogens with zero attached hydrogens (tertiary/aromatic N) is 2. The first-order valence-electron chi connectivity index (χ1n) is 8.95. The number of hydrazone groups is 1. The van der Waals surface area contributed by atoms with Crippen LogP contribution < -0.4 is 4.74 Å². The number of methoxy groups -OCH3 is 1. The van der Waals surface area contributed by atoms with Gasteiger partial charge in [-0.15, -0.1) is 0 Å². The fourth-order valence-electron chi connectivity index (χ4n) is 4.01. The Kier molecular flexibility index (Phi) is 4.23. The molecule has 2 aliphatic rings. The van der Waals surface area contributed by atoms with Crippen molar-refractivity contribution >= 4 is 11.6 Å². The van der Waals surface area contributed by atoms with E-state index >= 15 is 0 Å². The molecule has 0 bridgehead atoms. The van der Waals surface area contributed by atoms with Crippen molar-refractivity contribution in [3.05, 3.63) is 65.0 Å². The molecule has 5 heteroatoms. The molecule has 0 radical (unpaired) electrons. The molecule has 2 aromatic carbocycles. The number of rotatable bonds is 3. The number of amides is 1. The monoisotopic (exact) mass is 352 g/mol. The minimum atomic E-state index is -0.294. The van der Waals surface area contributed by atoms with Gasteiger partial charge in [0, 0.05) is 17.9 Å². The Balaban J connectivity index is 1.82. The second-order valence-electron chi connectivity index (χ2n) is 6.75. The van der Waals surface area contributed by atoms with Gasteiger partial charge in [-0.2, -0.15) is 5.10 Å². The highest BCUT2D eigenvalue weighted by Crippen LogP contribution is 2.44. The predicted molar refractivity (Wildman–Crippen MR) is 97.6 cm³/mol. The van der Waals surface area contributed by atoms with E-state index in [-0.39, 0.29) is 23.7 Å². The predicted octanol–water partition coefficient (Wildman–Crippen LogP) is 4.09. The molecule has 4 rings (SSSR count). The highest BCUT2D eigenvalue weighted by atomic mass is 19.1. The maximum absolute atomic E-state index is 13.8. The molecule has 1 aliphatic heterocycles. The molecular formula is C21H21FN2O2. The fraction of sp³-hybridized carbons (Fsp3) is 0.333. The van der Waals surface area contributed by atoms with Crippen LogP contribution >= 0.6 is 0 Å². The van der Waals surface area contributed by atoms with Gasteiger partial charge in [-0.3, -0.25) is 4.79 Å².